The lowest BCUT2D eigenvalue weighted by atomic mass is 10.2. The summed E-state index contributed by atoms with van der Waals surface area (Å²) in [5.74, 6) is -0.818. The van der Waals surface area contributed by atoms with Crippen molar-refractivity contribution >= 4 is 18.1 Å². The lowest BCUT2D eigenvalue weighted by Crippen LogP contribution is -2.24. The van der Waals surface area contributed by atoms with E-state index < -0.39 is 5.97 Å². The number of rotatable bonds is 9. The van der Waals surface area contributed by atoms with E-state index in [-0.39, 0.29) is 12.3 Å². The number of amides is 1. The van der Waals surface area contributed by atoms with Crippen molar-refractivity contribution in [3.8, 4) is 0 Å². The minimum Gasteiger partial charge on any atom is -0.481 e. The molecule has 0 aliphatic carbocycles. The van der Waals surface area contributed by atoms with Gasteiger partial charge in [0.05, 0.1) is 0 Å². The van der Waals surface area contributed by atoms with Gasteiger partial charge in [-0.1, -0.05) is 6.42 Å². The van der Waals surface area contributed by atoms with Crippen LogP contribution in [0.15, 0.2) is 0 Å². The van der Waals surface area contributed by atoms with Gasteiger partial charge >= 0.3 is 5.97 Å². The number of carboxylic acid groups (broad SMARTS) is 1. The molecule has 0 rings (SSSR count). The first-order valence-corrected chi connectivity index (χ1v) is 5.14. The topological polar surface area (TPSA) is 90.3 Å². The van der Waals surface area contributed by atoms with Gasteiger partial charge in [0.15, 0.2) is 0 Å². The third-order valence-electron chi connectivity index (χ3n) is 1.91. The molecule has 0 spiro atoms. The van der Waals surface area contributed by atoms with Gasteiger partial charge in [-0.25, -0.2) is 0 Å². The van der Waals surface area contributed by atoms with E-state index in [4.69, 9.17) is 10.5 Å². The first-order chi connectivity index (χ1) is 7.16. The lowest BCUT2D eigenvalue weighted by Gasteiger charge is -2.03. The second-order valence-electron chi connectivity index (χ2n) is 3.30. The van der Waals surface area contributed by atoms with Gasteiger partial charge in [-0.3, -0.25) is 9.59 Å². The third kappa shape index (κ3) is 10.5. The molecule has 5 nitrogen and oxygen atoms in total. The van der Waals surface area contributed by atoms with E-state index in [0.717, 1.165) is 12.8 Å². The van der Waals surface area contributed by atoms with Crippen LogP contribution < -0.4 is 5.32 Å². The summed E-state index contributed by atoms with van der Waals surface area (Å²) in [6, 6.07) is 0. The monoisotopic (exact) mass is 214 g/mol. The molecule has 0 unspecified atom stereocenters. The number of unbranched alkanes of at least 4 members (excludes halogenated alkanes) is 2. The van der Waals surface area contributed by atoms with Crippen molar-refractivity contribution in [2.75, 3.05) is 6.54 Å². The molecule has 0 aromatic carbocycles. The summed E-state index contributed by atoms with van der Waals surface area (Å²) in [5, 5.41) is 17.8. The molecular formula is C10H18N2O3. The fourth-order valence-corrected chi connectivity index (χ4v) is 1.10. The van der Waals surface area contributed by atoms with E-state index in [2.05, 4.69) is 5.32 Å². The highest BCUT2D eigenvalue weighted by Crippen LogP contribution is 1.98. The normalized spacial score (nSPS) is 9.60. The van der Waals surface area contributed by atoms with Gasteiger partial charge in [-0.05, 0) is 25.5 Å². The smallest absolute Gasteiger partial charge is 0.303 e. The molecule has 3 N–H and O–H groups in total. The largest absolute Gasteiger partial charge is 0.481 e. The van der Waals surface area contributed by atoms with Crippen LogP contribution in [0, 0.1) is 5.41 Å². The Morgan fingerprint density at radius 2 is 1.93 bits per heavy atom. The molecule has 0 fully saturated rings. The molecule has 0 aliphatic heterocycles. The summed E-state index contributed by atoms with van der Waals surface area (Å²) in [4.78, 5) is 21.2. The van der Waals surface area contributed by atoms with Gasteiger partial charge in [0.25, 0.3) is 0 Å². The molecular weight excluding hydrogens is 196 g/mol. The fourth-order valence-electron chi connectivity index (χ4n) is 1.10. The maximum atomic E-state index is 11.0. The predicted octanol–water partition coefficient (Wildman–Crippen LogP) is 1.18. The zero-order chi connectivity index (χ0) is 11.5. The molecule has 0 radical (unpaired) electrons. The Kier molecular flexibility index (Phi) is 8.33. The molecule has 0 saturated heterocycles. The molecule has 86 valence electrons. The molecule has 0 bridgehead atoms. The van der Waals surface area contributed by atoms with Crippen molar-refractivity contribution in [3.05, 3.63) is 0 Å². The minimum atomic E-state index is -0.773. The summed E-state index contributed by atoms with van der Waals surface area (Å²) in [6.07, 6.45) is 4.53. The van der Waals surface area contributed by atoms with Crippen LogP contribution in [0.4, 0.5) is 0 Å². The average Bonchev–Trinajstić information content (AvgIpc) is 2.19. The van der Waals surface area contributed by atoms with E-state index >= 15 is 0 Å². The number of nitrogens with one attached hydrogen (secondary N) is 2. The van der Waals surface area contributed by atoms with Gasteiger partial charge in [0, 0.05) is 19.4 Å². The molecule has 5 heteroatoms. The molecule has 0 saturated carbocycles. The summed E-state index contributed by atoms with van der Waals surface area (Å²) >= 11 is 0. The second kappa shape index (κ2) is 9.18. The van der Waals surface area contributed by atoms with E-state index in [1.165, 1.54) is 6.21 Å². The Hall–Kier alpha value is -1.39. The predicted molar refractivity (Wildman–Crippen MR) is 57.1 cm³/mol. The number of carbonyl (C=O) groups excluding carboxylic acids is 1. The number of carboxylic acids is 1. The number of hydrogen-bond donors (Lipinski definition) is 3. The second-order valence-corrected chi connectivity index (χ2v) is 3.30. The Labute approximate surface area is 89.4 Å². The Morgan fingerprint density at radius 1 is 1.20 bits per heavy atom. The Balaban J connectivity index is 3.19. The molecule has 0 heterocycles. The highest BCUT2D eigenvalue weighted by Gasteiger charge is 1.99. The molecule has 0 aromatic heterocycles. The number of aliphatic carboxylic acids is 1. The summed E-state index contributed by atoms with van der Waals surface area (Å²) in [6.45, 7) is 0.594. The van der Waals surface area contributed by atoms with Gasteiger partial charge in [0.1, 0.15) is 0 Å². The minimum absolute atomic E-state index is 0.0447. The zero-order valence-electron chi connectivity index (χ0n) is 8.79. The Bertz CT molecular complexity index is 217. The fraction of sp³-hybridized carbons (Fsp3) is 0.700. The van der Waals surface area contributed by atoms with E-state index in [1.54, 1.807) is 0 Å². The van der Waals surface area contributed by atoms with E-state index in [0.29, 0.717) is 25.8 Å². The SMILES string of the molecule is N=CCCC(=O)NCCCCCC(=O)O. The van der Waals surface area contributed by atoms with Crippen LogP contribution in [0.2, 0.25) is 0 Å². The zero-order valence-corrected chi connectivity index (χ0v) is 8.79. The van der Waals surface area contributed by atoms with Crippen LogP contribution in [-0.2, 0) is 9.59 Å². The average molecular weight is 214 g/mol. The lowest BCUT2D eigenvalue weighted by molar-refractivity contribution is -0.137. The summed E-state index contributed by atoms with van der Waals surface area (Å²) < 4.78 is 0. The van der Waals surface area contributed by atoms with Crippen LogP contribution in [0.5, 0.6) is 0 Å². The Morgan fingerprint density at radius 3 is 2.53 bits per heavy atom. The number of carbonyl (C=O) groups is 2. The standard InChI is InChI=1S/C10H18N2O3/c11-7-4-5-9(13)12-8-3-1-2-6-10(14)15/h7,11H,1-6,8H2,(H,12,13)(H,14,15). The van der Waals surface area contributed by atoms with Gasteiger partial charge in [-0.15, -0.1) is 0 Å². The van der Waals surface area contributed by atoms with Crippen LogP contribution in [0.1, 0.15) is 38.5 Å². The highest BCUT2D eigenvalue weighted by molar-refractivity contribution is 5.78. The highest BCUT2D eigenvalue weighted by atomic mass is 16.4. The van der Waals surface area contributed by atoms with Crippen molar-refractivity contribution < 1.29 is 14.7 Å². The maximum absolute atomic E-state index is 11.0. The maximum Gasteiger partial charge on any atom is 0.303 e. The number of hydrogen-bond acceptors (Lipinski definition) is 3. The summed E-state index contributed by atoms with van der Waals surface area (Å²) in [7, 11) is 0. The van der Waals surface area contributed by atoms with Gasteiger partial charge in [0.2, 0.25) is 5.91 Å². The molecule has 0 atom stereocenters. The quantitative estimate of drug-likeness (QED) is 0.397. The summed E-state index contributed by atoms with van der Waals surface area (Å²) in [5.41, 5.74) is 0. The van der Waals surface area contributed by atoms with Crippen molar-refractivity contribution in [1.82, 2.24) is 5.32 Å². The van der Waals surface area contributed by atoms with Crippen molar-refractivity contribution in [3.63, 3.8) is 0 Å². The van der Waals surface area contributed by atoms with Gasteiger partial charge < -0.3 is 15.8 Å². The molecule has 0 aliphatic rings. The third-order valence-corrected chi connectivity index (χ3v) is 1.91. The molecule has 1 amide bonds. The van der Waals surface area contributed by atoms with Crippen molar-refractivity contribution in [2.45, 2.75) is 38.5 Å². The molecule has 15 heavy (non-hydrogen) atoms. The van der Waals surface area contributed by atoms with Crippen LogP contribution >= 0.6 is 0 Å². The van der Waals surface area contributed by atoms with Gasteiger partial charge in [-0.2, -0.15) is 0 Å². The van der Waals surface area contributed by atoms with Crippen LogP contribution in [0.25, 0.3) is 0 Å². The van der Waals surface area contributed by atoms with Crippen molar-refractivity contribution in [2.24, 2.45) is 0 Å². The molecule has 0 aromatic rings. The first-order valence-electron chi connectivity index (χ1n) is 5.14. The first kappa shape index (κ1) is 13.6. The van der Waals surface area contributed by atoms with E-state index in [9.17, 15) is 9.59 Å². The van der Waals surface area contributed by atoms with Crippen LogP contribution in [0.3, 0.4) is 0 Å². The van der Waals surface area contributed by atoms with E-state index in [1.807, 2.05) is 0 Å². The van der Waals surface area contributed by atoms with Crippen molar-refractivity contribution in [1.29, 1.82) is 5.41 Å². The van der Waals surface area contributed by atoms with Crippen LogP contribution in [-0.4, -0.2) is 29.7 Å².